The van der Waals surface area contributed by atoms with Crippen molar-refractivity contribution in [1.82, 2.24) is 4.90 Å². The standard InChI is InChI=1S/C14H16FN3/c1-3-18(9-11(2)7-16)10-13-4-12(8-17)5-14(15)6-13/h4-6,11H,3,9-10H2,1-2H3. The van der Waals surface area contributed by atoms with Gasteiger partial charge >= 0.3 is 0 Å². The summed E-state index contributed by atoms with van der Waals surface area (Å²) in [5.74, 6) is -0.456. The summed E-state index contributed by atoms with van der Waals surface area (Å²) in [4.78, 5) is 2.06. The third-order valence-electron chi connectivity index (χ3n) is 2.69. The fourth-order valence-electron chi connectivity index (χ4n) is 1.80. The first-order valence-electron chi connectivity index (χ1n) is 5.90. The second-order valence-electron chi connectivity index (χ2n) is 4.32. The van der Waals surface area contributed by atoms with Crippen LogP contribution in [0.2, 0.25) is 0 Å². The first-order chi connectivity index (χ1) is 8.58. The van der Waals surface area contributed by atoms with Crippen LogP contribution in [-0.4, -0.2) is 18.0 Å². The molecule has 18 heavy (non-hydrogen) atoms. The normalized spacial score (nSPS) is 11.9. The molecule has 1 aromatic rings. The SMILES string of the molecule is CCN(Cc1cc(F)cc(C#N)c1)CC(C)C#N. The highest BCUT2D eigenvalue weighted by atomic mass is 19.1. The molecule has 0 fully saturated rings. The topological polar surface area (TPSA) is 50.8 Å². The van der Waals surface area contributed by atoms with Gasteiger partial charge in [0.2, 0.25) is 0 Å². The fourth-order valence-corrected chi connectivity index (χ4v) is 1.80. The minimum Gasteiger partial charge on any atom is -0.298 e. The quantitative estimate of drug-likeness (QED) is 0.801. The Balaban J connectivity index is 2.79. The average molecular weight is 245 g/mol. The molecule has 0 radical (unpaired) electrons. The van der Waals surface area contributed by atoms with Gasteiger partial charge in [0.05, 0.1) is 23.6 Å². The molecule has 1 unspecified atom stereocenters. The summed E-state index contributed by atoms with van der Waals surface area (Å²) in [7, 11) is 0. The first-order valence-corrected chi connectivity index (χ1v) is 5.90. The van der Waals surface area contributed by atoms with Crippen LogP contribution in [0.3, 0.4) is 0 Å². The molecule has 0 bridgehead atoms. The molecule has 0 saturated heterocycles. The summed E-state index contributed by atoms with van der Waals surface area (Å²) in [6.45, 7) is 5.83. The zero-order valence-corrected chi connectivity index (χ0v) is 10.7. The van der Waals surface area contributed by atoms with Crippen molar-refractivity contribution in [2.45, 2.75) is 20.4 Å². The van der Waals surface area contributed by atoms with Crippen LogP contribution >= 0.6 is 0 Å². The van der Waals surface area contributed by atoms with E-state index in [0.29, 0.717) is 18.7 Å². The third kappa shape index (κ3) is 4.16. The second-order valence-corrected chi connectivity index (χ2v) is 4.32. The van der Waals surface area contributed by atoms with Gasteiger partial charge in [-0.15, -0.1) is 0 Å². The van der Waals surface area contributed by atoms with Crippen molar-refractivity contribution in [1.29, 1.82) is 10.5 Å². The van der Waals surface area contributed by atoms with Crippen LogP contribution in [0.4, 0.5) is 4.39 Å². The minimum absolute atomic E-state index is 0.0612. The molecule has 0 saturated carbocycles. The van der Waals surface area contributed by atoms with E-state index < -0.39 is 5.82 Å². The molecule has 0 aromatic heterocycles. The van der Waals surface area contributed by atoms with Gasteiger partial charge < -0.3 is 0 Å². The first kappa shape index (κ1) is 14.2. The fraction of sp³-hybridized carbons (Fsp3) is 0.429. The van der Waals surface area contributed by atoms with E-state index >= 15 is 0 Å². The molecule has 94 valence electrons. The van der Waals surface area contributed by atoms with Crippen LogP contribution < -0.4 is 0 Å². The molecule has 0 amide bonds. The summed E-state index contributed by atoms with van der Waals surface area (Å²) in [5.41, 5.74) is 1.09. The lowest BCUT2D eigenvalue weighted by atomic mass is 10.1. The Hall–Kier alpha value is -1.91. The van der Waals surface area contributed by atoms with E-state index in [9.17, 15) is 4.39 Å². The largest absolute Gasteiger partial charge is 0.298 e. The lowest BCUT2D eigenvalue weighted by Gasteiger charge is -2.21. The lowest BCUT2D eigenvalue weighted by Crippen LogP contribution is -2.27. The van der Waals surface area contributed by atoms with Crippen LogP contribution in [0.5, 0.6) is 0 Å². The van der Waals surface area contributed by atoms with Crippen LogP contribution in [0.1, 0.15) is 25.0 Å². The van der Waals surface area contributed by atoms with E-state index in [-0.39, 0.29) is 5.92 Å². The Morgan fingerprint density at radius 2 is 2.06 bits per heavy atom. The van der Waals surface area contributed by atoms with E-state index in [0.717, 1.165) is 12.1 Å². The number of halogens is 1. The number of nitriles is 2. The molecule has 3 nitrogen and oxygen atoms in total. The van der Waals surface area contributed by atoms with E-state index in [1.165, 1.54) is 12.1 Å². The molecule has 0 aliphatic heterocycles. The lowest BCUT2D eigenvalue weighted by molar-refractivity contribution is 0.260. The van der Waals surface area contributed by atoms with Crippen molar-refractivity contribution >= 4 is 0 Å². The molecule has 0 aliphatic carbocycles. The van der Waals surface area contributed by atoms with Gasteiger partial charge in [0.1, 0.15) is 5.82 Å². The van der Waals surface area contributed by atoms with Gasteiger partial charge in [-0.3, -0.25) is 4.90 Å². The molecule has 1 aromatic carbocycles. The zero-order chi connectivity index (χ0) is 13.5. The van der Waals surface area contributed by atoms with E-state index in [1.54, 1.807) is 6.07 Å². The molecule has 0 spiro atoms. The number of rotatable bonds is 5. The third-order valence-corrected chi connectivity index (χ3v) is 2.69. The highest BCUT2D eigenvalue weighted by Crippen LogP contribution is 2.12. The predicted molar refractivity (Wildman–Crippen MR) is 66.8 cm³/mol. The maximum absolute atomic E-state index is 13.3. The van der Waals surface area contributed by atoms with E-state index in [2.05, 4.69) is 11.0 Å². The van der Waals surface area contributed by atoms with E-state index in [4.69, 9.17) is 10.5 Å². The maximum atomic E-state index is 13.3. The highest BCUT2D eigenvalue weighted by Gasteiger charge is 2.10. The summed E-state index contributed by atoms with van der Waals surface area (Å²) in [6.07, 6.45) is 0. The van der Waals surface area contributed by atoms with Crippen molar-refractivity contribution in [2.75, 3.05) is 13.1 Å². The summed E-state index contributed by atoms with van der Waals surface area (Å²) >= 11 is 0. The highest BCUT2D eigenvalue weighted by molar-refractivity contribution is 5.33. The molecular weight excluding hydrogens is 229 g/mol. The molecule has 4 heteroatoms. The molecule has 0 aliphatic rings. The van der Waals surface area contributed by atoms with Crippen molar-refractivity contribution in [2.24, 2.45) is 5.92 Å². The summed E-state index contributed by atoms with van der Waals surface area (Å²) in [6, 6.07) is 8.46. The Morgan fingerprint density at radius 1 is 1.33 bits per heavy atom. The predicted octanol–water partition coefficient (Wildman–Crippen LogP) is 2.68. The van der Waals surface area contributed by atoms with Crippen LogP contribution in [0, 0.1) is 34.4 Å². The summed E-state index contributed by atoms with van der Waals surface area (Å²) < 4.78 is 13.3. The van der Waals surface area contributed by atoms with Crippen molar-refractivity contribution in [3.63, 3.8) is 0 Å². The van der Waals surface area contributed by atoms with Gasteiger partial charge in [0.25, 0.3) is 0 Å². The van der Waals surface area contributed by atoms with Gasteiger partial charge in [0, 0.05) is 13.1 Å². The zero-order valence-electron chi connectivity index (χ0n) is 10.7. The van der Waals surface area contributed by atoms with Crippen molar-refractivity contribution in [3.05, 3.63) is 35.1 Å². The minimum atomic E-state index is -0.395. The Morgan fingerprint density at radius 3 is 2.61 bits per heavy atom. The van der Waals surface area contributed by atoms with Gasteiger partial charge in [0.15, 0.2) is 0 Å². The second kappa shape index (κ2) is 6.74. The number of hydrogen-bond donors (Lipinski definition) is 0. The monoisotopic (exact) mass is 245 g/mol. The number of benzene rings is 1. The molecule has 0 heterocycles. The Labute approximate surface area is 107 Å². The van der Waals surface area contributed by atoms with Gasteiger partial charge in [-0.05, 0) is 37.2 Å². The van der Waals surface area contributed by atoms with Gasteiger partial charge in [-0.2, -0.15) is 10.5 Å². The van der Waals surface area contributed by atoms with Gasteiger partial charge in [-0.1, -0.05) is 6.92 Å². The van der Waals surface area contributed by atoms with Crippen molar-refractivity contribution in [3.8, 4) is 12.1 Å². The summed E-state index contributed by atoms with van der Waals surface area (Å²) in [5, 5.41) is 17.6. The smallest absolute Gasteiger partial charge is 0.124 e. The number of nitrogens with zero attached hydrogens (tertiary/aromatic N) is 3. The molecule has 1 atom stereocenters. The molecular formula is C14H16FN3. The van der Waals surface area contributed by atoms with Crippen molar-refractivity contribution < 1.29 is 4.39 Å². The van der Waals surface area contributed by atoms with Crippen LogP contribution in [0.25, 0.3) is 0 Å². The Kier molecular flexibility index (Phi) is 5.30. The van der Waals surface area contributed by atoms with Gasteiger partial charge in [-0.25, -0.2) is 4.39 Å². The maximum Gasteiger partial charge on any atom is 0.124 e. The molecule has 0 N–H and O–H groups in total. The van der Waals surface area contributed by atoms with E-state index in [1.807, 2.05) is 19.9 Å². The Bertz CT molecular complexity index is 485. The van der Waals surface area contributed by atoms with Crippen LogP contribution in [0.15, 0.2) is 18.2 Å². The molecule has 1 rings (SSSR count). The number of hydrogen-bond acceptors (Lipinski definition) is 3. The average Bonchev–Trinajstić information content (AvgIpc) is 2.36. The van der Waals surface area contributed by atoms with Crippen LogP contribution in [-0.2, 0) is 6.54 Å².